The third-order valence-electron chi connectivity index (χ3n) is 3.99. The first kappa shape index (κ1) is 22.4. The summed E-state index contributed by atoms with van der Waals surface area (Å²) in [7, 11) is -4.26. The van der Waals surface area contributed by atoms with Crippen LogP contribution in [0, 0.1) is 32.1 Å². The van der Waals surface area contributed by atoms with Crippen molar-refractivity contribution in [3.05, 3.63) is 68.3 Å². The molecule has 0 radical (unpaired) electrons. The van der Waals surface area contributed by atoms with Crippen LogP contribution in [0.1, 0.15) is 32.7 Å². The summed E-state index contributed by atoms with van der Waals surface area (Å²) < 4.78 is 30.1. The topological polar surface area (TPSA) is 106 Å². The minimum Gasteiger partial charge on any atom is -0.536 e. The van der Waals surface area contributed by atoms with Gasteiger partial charge in [-0.15, -0.1) is 0 Å². The number of hydrogen-bond donors (Lipinski definition) is 0. The second-order valence-electron chi connectivity index (χ2n) is 6.14. The molecule has 10 heteroatoms. The zero-order valence-electron chi connectivity index (χ0n) is 15.7. The number of sulfonamides is 1. The minimum absolute atomic E-state index is 0. The molecule has 7 nitrogen and oxygen atoms in total. The second-order valence-corrected chi connectivity index (χ2v) is 8.12. The van der Waals surface area contributed by atoms with Crippen molar-refractivity contribution in [1.29, 1.82) is 5.26 Å². The molecular weight excluding hydrogens is 411 g/mol. The number of hydrogen-bond acceptors (Lipinski definition) is 5. The standard InChI is InChI=1S/C18H15ClN4O3S.Na/c1-10-4-14(19)17-21-15(9-23(17)8-10)18(24)22-27(25,26)16-6-11(2)13(7-20)5-12(16)3;/h4-6,8-9H,1-3H3,(H,22,24);/q;+1/p-1. The molecule has 1 amide bonds. The van der Waals surface area contributed by atoms with E-state index >= 15 is 0 Å². The van der Waals surface area contributed by atoms with Crippen molar-refractivity contribution in [3.63, 3.8) is 0 Å². The number of amides is 1. The third kappa shape index (κ3) is 4.24. The van der Waals surface area contributed by atoms with Crippen LogP contribution in [0.2, 0.25) is 5.02 Å². The Balaban J connectivity index is 0.00000280. The van der Waals surface area contributed by atoms with Gasteiger partial charge in [-0.05, 0) is 55.7 Å². The molecule has 0 unspecified atom stereocenters. The molecule has 1 aromatic carbocycles. The number of aryl methyl sites for hydroxylation is 3. The van der Waals surface area contributed by atoms with E-state index in [2.05, 4.69) is 9.71 Å². The van der Waals surface area contributed by atoms with Gasteiger partial charge in [0.2, 0.25) is 0 Å². The Labute approximate surface area is 189 Å². The fourth-order valence-corrected chi connectivity index (χ4v) is 4.20. The summed E-state index contributed by atoms with van der Waals surface area (Å²) in [5, 5.41) is 9.39. The van der Waals surface area contributed by atoms with E-state index in [0.29, 0.717) is 27.4 Å². The Morgan fingerprint density at radius 1 is 1.18 bits per heavy atom. The van der Waals surface area contributed by atoms with Crippen LogP contribution in [0.3, 0.4) is 0 Å². The van der Waals surface area contributed by atoms with Crippen molar-refractivity contribution in [3.8, 4) is 6.07 Å². The van der Waals surface area contributed by atoms with Gasteiger partial charge in [-0.2, -0.15) is 5.26 Å². The number of carbonyl (C=O) groups is 1. The summed E-state index contributed by atoms with van der Waals surface area (Å²) in [6.07, 6.45) is 3.10. The molecule has 0 atom stereocenters. The van der Waals surface area contributed by atoms with E-state index < -0.39 is 15.9 Å². The van der Waals surface area contributed by atoms with E-state index in [-0.39, 0.29) is 40.1 Å². The third-order valence-corrected chi connectivity index (χ3v) is 5.67. The fraction of sp³-hybridized carbons (Fsp3) is 0.167. The first-order valence-corrected chi connectivity index (χ1v) is 9.62. The summed E-state index contributed by atoms with van der Waals surface area (Å²) in [5.41, 5.74) is 2.25. The molecule has 3 rings (SSSR count). The largest absolute Gasteiger partial charge is 1.00 e. The molecule has 138 valence electrons. The van der Waals surface area contributed by atoms with Crippen LogP contribution >= 0.6 is 11.6 Å². The number of imidazole rings is 1. The quantitative estimate of drug-likeness (QED) is 0.575. The van der Waals surface area contributed by atoms with E-state index in [1.807, 2.05) is 13.0 Å². The first-order valence-electron chi connectivity index (χ1n) is 7.81. The van der Waals surface area contributed by atoms with Gasteiger partial charge in [-0.1, -0.05) is 11.6 Å². The Kier molecular flexibility index (Phi) is 6.58. The van der Waals surface area contributed by atoms with Crippen molar-refractivity contribution in [2.75, 3.05) is 0 Å². The predicted molar refractivity (Wildman–Crippen MR) is 100 cm³/mol. The van der Waals surface area contributed by atoms with Gasteiger partial charge in [0.25, 0.3) is 0 Å². The van der Waals surface area contributed by atoms with Gasteiger partial charge in [0.15, 0.2) is 5.65 Å². The number of halogens is 1. The Bertz CT molecular complexity index is 1250. The second kappa shape index (κ2) is 8.23. The summed E-state index contributed by atoms with van der Waals surface area (Å²) in [5.74, 6) is -0.992. The number of fused-ring (bicyclic) bond motifs is 1. The van der Waals surface area contributed by atoms with E-state index in [0.717, 1.165) is 5.56 Å². The van der Waals surface area contributed by atoms with E-state index in [1.54, 1.807) is 30.5 Å². The fourth-order valence-electron chi connectivity index (χ4n) is 2.69. The molecule has 28 heavy (non-hydrogen) atoms. The molecule has 0 N–H and O–H groups in total. The van der Waals surface area contributed by atoms with Gasteiger partial charge < -0.3 is 13.9 Å². The SMILES string of the molecule is Cc1cc(Cl)c2nc(C(=O)[N-]S(=O)(=O)c3cc(C)c(C#N)cc3C)cn2c1.[Na+]. The van der Waals surface area contributed by atoms with Gasteiger partial charge >= 0.3 is 29.6 Å². The summed E-state index contributed by atoms with van der Waals surface area (Å²) in [4.78, 5) is 16.4. The van der Waals surface area contributed by atoms with Crippen molar-refractivity contribution in [2.45, 2.75) is 25.7 Å². The van der Waals surface area contributed by atoms with Crippen LogP contribution in [-0.4, -0.2) is 23.7 Å². The Hall–Kier alpha value is -1.89. The molecule has 0 fully saturated rings. The van der Waals surface area contributed by atoms with Gasteiger partial charge in [-0.3, -0.25) is 0 Å². The van der Waals surface area contributed by atoms with Crippen LogP contribution in [0.15, 0.2) is 35.5 Å². The Morgan fingerprint density at radius 3 is 2.50 bits per heavy atom. The number of pyridine rings is 1. The summed E-state index contributed by atoms with van der Waals surface area (Å²) in [6.45, 7) is 4.99. The van der Waals surface area contributed by atoms with E-state index in [9.17, 15) is 13.2 Å². The average Bonchev–Trinajstić information content (AvgIpc) is 3.00. The van der Waals surface area contributed by atoms with Crippen molar-refractivity contribution in [2.24, 2.45) is 0 Å². The summed E-state index contributed by atoms with van der Waals surface area (Å²) >= 11 is 6.11. The van der Waals surface area contributed by atoms with Gasteiger partial charge in [0, 0.05) is 12.4 Å². The number of nitriles is 1. The van der Waals surface area contributed by atoms with Gasteiger partial charge in [-0.25, -0.2) is 13.4 Å². The van der Waals surface area contributed by atoms with Crippen LogP contribution in [0.25, 0.3) is 10.4 Å². The smallest absolute Gasteiger partial charge is 0.536 e. The van der Waals surface area contributed by atoms with Crippen molar-refractivity contribution in [1.82, 2.24) is 9.38 Å². The molecule has 2 aromatic heterocycles. The minimum atomic E-state index is -4.26. The predicted octanol–water partition coefficient (Wildman–Crippen LogP) is 0.691. The number of aromatic nitrogens is 2. The zero-order valence-corrected chi connectivity index (χ0v) is 19.3. The molecule has 0 bridgehead atoms. The van der Waals surface area contributed by atoms with Crippen LogP contribution < -0.4 is 29.6 Å². The molecule has 0 aliphatic rings. The molecule has 0 aliphatic carbocycles. The molecule has 2 heterocycles. The number of carbonyl (C=O) groups excluding carboxylic acids is 1. The van der Waals surface area contributed by atoms with Crippen LogP contribution in [0.4, 0.5) is 0 Å². The molecule has 0 spiro atoms. The molecular formula is C18H14ClN4NaO3S. The molecule has 3 aromatic rings. The average molecular weight is 425 g/mol. The molecule has 0 saturated carbocycles. The maximum absolute atomic E-state index is 12.6. The Morgan fingerprint density at radius 2 is 1.86 bits per heavy atom. The van der Waals surface area contributed by atoms with Crippen molar-refractivity contribution >= 4 is 33.2 Å². The van der Waals surface area contributed by atoms with Crippen LogP contribution in [-0.2, 0) is 10.0 Å². The van der Waals surface area contributed by atoms with E-state index in [1.165, 1.54) is 18.3 Å². The number of nitrogens with zero attached hydrogens (tertiary/aromatic N) is 4. The first-order chi connectivity index (χ1) is 12.6. The maximum atomic E-state index is 12.6. The zero-order chi connectivity index (χ0) is 19.9. The normalized spacial score (nSPS) is 11.0. The molecule has 0 saturated heterocycles. The molecule has 0 aliphatic heterocycles. The van der Waals surface area contributed by atoms with Gasteiger partial charge in [0.05, 0.1) is 21.6 Å². The van der Waals surface area contributed by atoms with E-state index in [4.69, 9.17) is 16.9 Å². The number of rotatable bonds is 3. The van der Waals surface area contributed by atoms with Gasteiger partial charge in [0.1, 0.15) is 21.6 Å². The van der Waals surface area contributed by atoms with Crippen molar-refractivity contribution < 1.29 is 42.8 Å². The monoisotopic (exact) mass is 424 g/mol. The maximum Gasteiger partial charge on any atom is 1.00 e. The van der Waals surface area contributed by atoms with Crippen LogP contribution in [0.5, 0.6) is 0 Å². The summed E-state index contributed by atoms with van der Waals surface area (Å²) in [6, 6.07) is 6.47. The number of benzene rings is 1.